The largest absolute Gasteiger partial charge is 0.192 e. The Hall–Kier alpha value is -5.53. The Kier molecular flexibility index (Phi) is 6.31. The lowest BCUT2D eigenvalue weighted by Crippen LogP contribution is -1.93. The first-order chi connectivity index (χ1) is 22.7. The molecule has 7 aromatic carbocycles. The fourth-order valence-electron chi connectivity index (χ4n) is 6.68. The molecule has 1 nitrogen and oxygen atoms in total. The van der Waals surface area contributed by atoms with Crippen LogP contribution in [-0.2, 0) is 0 Å². The van der Waals surface area contributed by atoms with Crippen LogP contribution in [-0.4, -0.2) is 0 Å². The Labute approximate surface area is 274 Å². The third kappa shape index (κ3) is 4.43. The summed E-state index contributed by atoms with van der Waals surface area (Å²) in [6, 6.07) is 56.8. The maximum Gasteiger partial charge on any atom is 0.100 e. The van der Waals surface area contributed by atoms with Gasteiger partial charge in [-0.05, 0) is 88.0 Å². The third-order valence-corrected chi connectivity index (χ3v) is 11.2. The van der Waals surface area contributed by atoms with Gasteiger partial charge in [0.1, 0.15) is 6.07 Å². The third-order valence-electron chi connectivity index (χ3n) is 8.93. The van der Waals surface area contributed by atoms with Crippen LogP contribution in [0.3, 0.4) is 0 Å². The Balaban J connectivity index is 1.31. The van der Waals surface area contributed by atoms with Crippen molar-refractivity contribution in [3.05, 3.63) is 157 Å². The Bertz CT molecular complexity index is 2520. The summed E-state index contributed by atoms with van der Waals surface area (Å²) < 4.78 is 5.06. The zero-order chi connectivity index (χ0) is 30.6. The molecule has 0 spiro atoms. The first kappa shape index (κ1) is 26.8. The molecule has 0 aliphatic heterocycles. The van der Waals surface area contributed by atoms with E-state index in [4.69, 9.17) is 0 Å². The van der Waals surface area contributed by atoms with Crippen molar-refractivity contribution < 1.29 is 0 Å². The molecule has 3 heteroatoms. The average Bonchev–Trinajstić information content (AvgIpc) is 3.69. The van der Waals surface area contributed by atoms with E-state index < -0.39 is 0 Å². The highest BCUT2D eigenvalue weighted by Crippen LogP contribution is 2.43. The number of nitriles is 1. The summed E-state index contributed by atoms with van der Waals surface area (Å²) >= 11 is 3.63. The van der Waals surface area contributed by atoms with Gasteiger partial charge in [-0.2, -0.15) is 5.26 Å². The SMILES string of the molecule is N#Cc1c(-c2ccc3sc4ccccc4c3c2)cc(-c2cccc(-c3ccccc3)c2)cc1-c1ccc2sc3ccccc3c2c1. The second-order valence-electron chi connectivity index (χ2n) is 11.6. The van der Waals surface area contributed by atoms with Gasteiger partial charge in [-0.1, -0.05) is 97.1 Å². The molecular formula is C43H25NS2. The second kappa shape index (κ2) is 10.8. The molecule has 0 aliphatic carbocycles. The van der Waals surface area contributed by atoms with E-state index in [0.717, 1.165) is 33.4 Å². The lowest BCUT2D eigenvalue weighted by molar-refractivity contribution is 1.47. The predicted molar refractivity (Wildman–Crippen MR) is 199 cm³/mol. The second-order valence-corrected chi connectivity index (χ2v) is 13.8. The van der Waals surface area contributed by atoms with E-state index >= 15 is 0 Å². The molecule has 0 saturated carbocycles. The molecule has 46 heavy (non-hydrogen) atoms. The van der Waals surface area contributed by atoms with Crippen LogP contribution in [0.1, 0.15) is 5.56 Å². The molecule has 2 aromatic heterocycles. The minimum Gasteiger partial charge on any atom is -0.192 e. The van der Waals surface area contributed by atoms with Crippen LogP contribution < -0.4 is 0 Å². The number of nitrogens with zero attached hydrogens (tertiary/aromatic N) is 1. The van der Waals surface area contributed by atoms with Crippen molar-refractivity contribution in [3.63, 3.8) is 0 Å². The van der Waals surface area contributed by atoms with E-state index in [1.54, 1.807) is 0 Å². The number of thiophene rings is 2. The van der Waals surface area contributed by atoms with E-state index in [-0.39, 0.29) is 0 Å². The van der Waals surface area contributed by atoms with Gasteiger partial charge in [0, 0.05) is 51.5 Å². The molecule has 9 aromatic rings. The number of benzene rings is 7. The van der Waals surface area contributed by atoms with Crippen LogP contribution >= 0.6 is 22.7 Å². The minimum atomic E-state index is 0.695. The maximum atomic E-state index is 10.8. The van der Waals surface area contributed by atoms with Gasteiger partial charge in [0.05, 0.1) is 5.56 Å². The van der Waals surface area contributed by atoms with Gasteiger partial charge in [-0.25, -0.2) is 0 Å². The average molecular weight is 620 g/mol. The van der Waals surface area contributed by atoms with Crippen LogP contribution in [0.15, 0.2) is 152 Å². The first-order valence-electron chi connectivity index (χ1n) is 15.3. The lowest BCUT2D eigenvalue weighted by Gasteiger charge is -2.15. The monoisotopic (exact) mass is 619 g/mol. The molecule has 0 amide bonds. The van der Waals surface area contributed by atoms with Crippen molar-refractivity contribution >= 4 is 63.0 Å². The molecule has 0 fully saturated rings. The summed E-state index contributed by atoms with van der Waals surface area (Å²) in [6.07, 6.45) is 0. The van der Waals surface area contributed by atoms with Crippen molar-refractivity contribution in [2.24, 2.45) is 0 Å². The molecule has 0 N–H and O–H groups in total. The van der Waals surface area contributed by atoms with Gasteiger partial charge < -0.3 is 0 Å². The fourth-order valence-corrected chi connectivity index (χ4v) is 8.85. The molecule has 214 valence electrons. The normalized spacial score (nSPS) is 11.5. The topological polar surface area (TPSA) is 23.8 Å². The van der Waals surface area contributed by atoms with Crippen molar-refractivity contribution in [3.8, 4) is 50.6 Å². The van der Waals surface area contributed by atoms with E-state index in [1.165, 1.54) is 51.5 Å². The Morgan fingerprint density at radius 3 is 1.39 bits per heavy atom. The molecular weight excluding hydrogens is 595 g/mol. The zero-order valence-corrected chi connectivity index (χ0v) is 26.3. The van der Waals surface area contributed by atoms with Crippen molar-refractivity contribution in [1.82, 2.24) is 0 Å². The molecule has 0 radical (unpaired) electrons. The number of hydrogen-bond donors (Lipinski definition) is 0. The van der Waals surface area contributed by atoms with Crippen LogP contribution in [0.2, 0.25) is 0 Å². The van der Waals surface area contributed by atoms with Crippen LogP contribution in [0.25, 0.3) is 84.9 Å². The molecule has 0 saturated heterocycles. The van der Waals surface area contributed by atoms with Gasteiger partial charge in [0.2, 0.25) is 0 Å². The van der Waals surface area contributed by atoms with Crippen LogP contribution in [0, 0.1) is 11.3 Å². The number of hydrogen-bond acceptors (Lipinski definition) is 3. The molecule has 0 aliphatic rings. The lowest BCUT2D eigenvalue weighted by atomic mass is 9.87. The summed E-state index contributed by atoms with van der Waals surface area (Å²) in [6.45, 7) is 0. The smallest absolute Gasteiger partial charge is 0.100 e. The van der Waals surface area contributed by atoms with Crippen molar-refractivity contribution in [2.45, 2.75) is 0 Å². The molecule has 0 atom stereocenters. The molecule has 9 rings (SSSR count). The van der Waals surface area contributed by atoms with E-state index in [2.05, 4.69) is 152 Å². The Morgan fingerprint density at radius 2 is 0.826 bits per heavy atom. The van der Waals surface area contributed by atoms with Crippen molar-refractivity contribution in [2.75, 3.05) is 0 Å². The predicted octanol–water partition coefficient (Wildman–Crippen LogP) is 13.0. The highest BCUT2D eigenvalue weighted by Gasteiger charge is 2.18. The number of fused-ring (bicyclic) bond motifs is 6. The quantitative estimate of drug-likeness (QED) is 0.192. The van der Waals surface area contributed by atoms with Crippen LogP contribution in [0.4, 0.5) is 0 Å². The Morgan fingerprint density at radius 1 is 0.348 bits per heavy atom. The number of rotatable bonds is 4. The highest BCUT2D eigenvalue weighted by molar-refractivity contribution is 7.26. The molecule has 0 unspecified atom stereocenters. The minimum absolute atomic E-state index is 0.695. The van der Waals surface area contributed by atoms with Gasteiger partial charge in [-0.3, -0.25) is 0 Å². The van der Waals surface area contributed by atoms with Gasteiger partial charge >= 0.3 is 0 Å². The van der Waals surface area contributed by atoms with Crippen LogP contribution in [0.5, 0.6) is 0 Å². The van der Waals surface area contributed by atoms with Gasteiger partial charge in [-0.15, -0.1) is 22.7 Å². The summed E-state index contributed by atoms with van der Waals surface area (Å²) in [4.78, 5) is 0. The van der Waals surface area contributed by atoms with Gasteiger partial charge in [0.15, 0.2) is 0 Å². The highest BCUT2D eigenvalue weighted by atomic mass is 32.1. The summed E-state index contributed by atoms with van der Waals surface area (Å²) in [7, 11) is 0. The fraction of sp³-hybridized carbons (Fsp3) is 0. The molecule has 2 heterocycles. The summed E-state index contributed by atoms with van der Waals surface area (Å²) in [5.41, 5.74) is 9.27. The summed E-state index contributed by atoms with van der Waals surface area (Å²) in [5, 5.41) is 15.8. The van der Waals surface area contributed by atoms with E-state index in [0.29, 0.717) is 5.56 Å². The summed E-state index contributed by atoms with van der Waals surface area (Å²) in [5.74, 6) is 0. The van der Waals surface area contributed by atoms with E-state index in [1.807, 2.05) is 28.7 Å². The maximum absolute atomic E-state index is 10.8. The standard InChI is InChI=1S/C43H25NS2/c44-26-39-35(30-17-19-42-37(22-30)33-13-4-6-15-40(33)45-42)24-32(29-12-8-11-28(21-29)27-9-2-1-3-10-27)25-36(39)31-18-20-43-38(23-31)34-14-5-7-16-41(34)46-43/h1-25H. The van der Waals surface area contributed by atoms with Crippen molar-refractivity contribution in [1.29, 1.82) is 5.26 Å². The van der Waals surface area contributed by atoms with Gasteiger partial charge in [0.25, 0.3) is 0 Å². The zero-order valence-electron chi connectivity index (χ0n) is 24.7. The first-order valence-corrected chi connectivity index (χ1v) is 16.9. The van der Waals surface area contributed by atoms with E-state index in [9.17, 15) is 5.26 Å². The molecule has 0 bridgehead atoms.